The fourth-order valence-corrected chi connectivity index (χ4v) is 1.69. The molecule has 0 fully saturated rings. The highest BCUT2D eigenvalue weighted by Gasteiger charge is 2.11. The molecular weight excluding hydrogens is 321 g/mol. The Morgan fingerprint density at radius 3 is 2.42 bits per heavy atom. The molecule has 0 aliphatic carbocycles. The minimum atomic E-state index is -0.905. The fourth-order valence-electron chi connectivity index (χ4n) is 1.69. The number of nitro benzene ring substituents is 1. The normalized spacial score (nSPS) is 9.88. The summed E-state index contributed by atoms with van der Waals surface area (Å²) < 4.78 is 18.4. The minimum Gasteiger partial charge on any atom is -0.484 e. The Morgan fingerprint density at radius 1 is 1.12 bits per heavy atom. The zero-order valence-corrected chi connectivity index (χ0v) is 12.2. The third-order valence-corrected chi connectivity index (χ3v) is 2.79. The predicted molar refractivity (Wildman–Crippen MR) is 82.2 cm³/mol. The molecule has 124 valence electrons. The molecule has 3 amide bonds. The summed E-state index contributed by atoms with van der Waals surface area (Å²) in [5.41, 5.74) is -0.185. The summed E-state index contributed by atoms with van der Waals surface area (Å²) in [6.07, 6.45) is 0. The van der Waals surface area contributed by atoms with Gasteiger partial charge < -0.3 is 10.1 Å². The van der Waals surface area contributed by atoms with Gasteiger partial charge in [0.1, 0.15) is 11.6 Å². The Hall–Kier alpha value is -3.49. The number of hydrogen-bond donors (Lipinski definition) is 2. The Bertz CT molecular complexity index is 764. The van der Waals surface area contributed by atoms with E-state index < -0.39 is 29.3 Å². The number of anilines is 1. The van der Waals surface area contributed by atoms with Gasteiger partial charge in [0.15, 0.2) is 6.61 Å². The lowest BCUT2D eigenvalue weighted by atomic mass is 10.3. The lowest BCUT2D eigenvalue weighted by molar-refractivity contribution is -0.384. The van der Waals surface area contributed by atoms with E-state index in [1.165, 1.54) is 42.5 Å². The van der Waals surface area contributed by atoms with Crippen molar-refractivity contribution < 1.29 is 23.6 Å². The zero-order valence-electron chi connectivity index (χ0n) is 12.2. The van der Waals surface area contributed by atoms with Gasteiger partial charge in [0.2, 0.25) is 0 Å². The Kier molecular flexibility index (Phi) is 5.40. The van der Waals surface area contributed by atoms with Crippen molar-refractivity contribution in [2.24, 2.45) is 0 Å². The molecule has 0 aromatic heterocycles. The number of para-hydroxylation sites is 1. The maximum atomic E-state index is 13.3. The lowest BCUT2D eigenvalue weighted by Crippen LogP contribution is -2.37. The van der Waals surface area contributed by atoms with E-state index in [1.807, 2.05) is 5.32 Å². The topological polar surface area (TPSA) is 111 Å². The second-order valence-corrected chi connectivity index (χ2v) is 4.52. The van der Waals surface area contributed by atoms with Crippen LogP contribution in [-0.2, 0) is 4.79 Å². The number of ether oxygens (including phenoxy) is 1. The first kappa shape index (κ1) is 16.9. The average Bonchev–Trinajstić information content (AvgIpc) is 2.55. The second kappa shape index (κ2) is 7.68. The zero-order chi connectivity index (χ0) is 17.5. The Morgan fingerprint density at radius 2 is 1.79 bits per heavy atom. The molecule has 2 N–H and O–H groups in total. The molecule has 0 radical (unpaired) electrons. The van der Waals surface area contributed by atoms with E-state index in [0.29, 0.717) is 0 Å². The molecule has 2 aromatic rings. The van der Waals surface area contributed by atoms with E-state index >= 15 is 0 Å². The third kappa shape index (κ3) is 4.77. The molecule has 0 aliphatic rings. The van der Waals surface area contributed by atoms with Gasteiger partial charge in [0.25, 0.3) is 11.6 Å². The number of nitro groups is 1. The van der Waals surface area contributed by atoms with Gasteiger partial charge in [-0.25, -0.2) is 9.18 Å². The van der Waals surface area contributed by atoms with Crippen molar-refractivity contribution in [2.45, 2.75) is 0 Å². The maximum absolute atomic E-state index is 13.3. The summed E-state index contributed by atoms with van der Waals surface area (Å²) in [5.74, 6) is -1.17. The van der Waals surface area contributed by atoms with E-state index in [2.05, 4.69) is 5.32 Å². The van der Waals surface area contributed by atoms with E-state index in [9.17, 15) is 24.1 Å². The summed E-state index contributed by atoms with van der Waals surface area (Å²) in [6.45, 7) is -0.484. The van der Waals surface area contributed by atoms with Crippen LogP contribution in [0.2, 0.25) is 0 Å². The monoisotopic (exact) mass is 333 g/mol. The maximum Gasteiger partial charge on any atom is 0.326 e. The van der Waals surface area contributed by atoms with Crippen LogP contribution in [0.1, 0.15) is 0 Å². The highest BCUT2D eigenvalue weighted by atomic mass is 19.1. The predicted octanol–water partition coefficient (Wildman–Crippen LogP) is 2.46. The lowest BCUT2D eigenvalue weighted by Gasteiger charge is -2.08. The number of rotatable bonds is 5. The van der Waals surface area contributed by atoms with Crippen molar-refractivity contribution in [1.82, 2.24) is 5.32 Å². The van der Waals surface area contributed by atoms with Crippen LogP contribution in [0.3, 0.4) is 0 Å². The van der Waals surface area contributed by atoms with Gasteiger partial charge in [-0.3, -0.25) is 20.2 Å². The van der Waals surface area contributed by atoms with Crippen LogP contribution >= 0.6 is 0 Å². The smallest absolute Gasteiger partial charge is 0.326 e. The summed E-state index contributed by atoms with van der Waals surface area (Å²) in [7, 11) is 0. The highest BCUT2D eigenvalue weighted by Crippen LogP contribution is 2.17. The molecule has 8 nitrogen and oxygen atoms in total. The summed E-state index contributed by atoms with van der Waals surface area (Å²) >= 11 is 0. The minimum absolute atomic E-state index is 0.0703. The molecule has 0 spiro atoms. The number of carbonyl (C=O) groups is 2. The van der Waals surface area contributed by atoms with Crippen molar-refractivity contribution in [3.05, 3.63) is 64.5 Å². The number of halogens is 1. The van der Waals surface area contributed by atoms with Crippen LogP contribution in [0.4, 0.5) is 20.6 Å². The van der Waals surface area contributed by atoms with Gasteiger partial charge in [0.05, 0.1) is 10.6 Å². The molecular formula is C15H12FN3O5. The summed E-state index contributed by atoms with van der Waals surface area (Å²) in [6, 6.07) is 9.67. The molecule has 0 unspecified atom stereocenters. The van der Waals surface area contributed by atoms with Crippen LogP contribution in [-0.4, -0.2) is 23.5 Å². The second-order valence-electron chi connectivity index (χ2n) is 4.52. The SMILES string of the molecule is O=C(COc1ccc([N+](=O)[O-])cc1)NC(=O)Nc1ccccc1F. The standard InChI is InChI=1S/C15H12FN3O5/c16-12-3-1-2-4-13(12)17-15(21)18-14(20)9-24-11-7-5-10(6-8-11)19(22)23/h1-8H,9H2,(H2,17,18,20,21). The van der Waals surface area contributed by atoms with Gasteiger partial charge in [-0.1, -0.05) is 12.1 Å². The van der Waals surface area contributed by atoms with Crippen LogP contribution in [0.25, 0.3) is 0 Å². The van der Waals surface area contributed by atoms with E-state index in [0.717, 1.165) is 6.07 Å². The first-order valence-electron chi connectivity index (χ1n) is 6.68. The number of hydrogen-bond acceptors (Lipinski definition) is 5. The van der Waals surface area contributed by atoms with Gasteiger partial charge in [0, 0.05) is 12.1 Å². The number of nitrogens with one attached hydrogen (secondary N) is 2. The van der Waals surface area contributed by atoms with Crippen LogP contribution < -0.4 is 15.4 Å². The number of imide groups is 1. The van der Waals surface area contributed by atoms with Crippen LogP contribution in [0, 0.1) is 15.9 Å². The molecule has 0 saturated heterocycles. The van der Waals surface area contributed by atoms with Gasteiger partial charge in [-0.15, -0.1) is 0 Å². The summed E-state index contributed by atoms with van der Waals surface area (Å²) in [4.78, 5) is 33.1. The molecule has 0 atom stereocenters. The van der Waals surface area contributed by atoms with Gasteiger partial charge in [-0.2, -0.15) is 0 Å². The van der Waals surface area contributed by atoms with Crippen molar-refractivity contribution in [2.75, 3.05) is 11.9 Å². The number of carbonyl (C=O) groups excluding carboxylic acids is 2. The number of amides is 3. The third-order valence-electron chi connectivity index (χ3n) is 2.79. The van der Waals surface area contributed by atoms with E-state index in [1.54, 1.807) is 0 Å². The summed E-state index contributed by atoms with van der Waals surface area (Å²) in [5, 5.41) is 14.7. The number of nitrogens with zero attached hydrogens (tertiary/aromatic N) is 1. The Labute approximate surface area is 135 Å². The first-order valence-corrected chi connectivity index (χ1v) is 6.68. The van der Waals surface area contributed by atoms with Crippen molar-refractivity contribution in [3.63, 3.8) is 0 Å². The van der Waals surface area contributed by atoms with E-state index in [-0.39, 0.29) is 17.1 Å². The largest absolute Gasteiger partial charge is 0.484 e. The fraction of sp³-hybridized carbons (Fsp3) is 0.0667. The average molecular weight is 333 g/mol. The molecule has 0 saturated carbocycles. The van der Waals surface area contributed by atoms with Crippen molar-refractivity contribution >= 4 is 23.3 Å². The van der Waals surface area contributed by atoms with Crippen LogP contribution in [0.15, 0.2) is 48.5 Å². The molecule has 2 rings (SSSR count). The molecule has 0 aliphatic heterocycles. The Balaban J connectivity index is 1.81. The number of urea groups is 1. The van der Waals surface area contributed by atoms with Crippen LogP contribution in [0.5, 0.6) is 5.75 Å². The molecule has 24 heavy (non-hydrogen) atoms. The van der Waals surface area contributed by atoms with E-state index in [4.69, 9.17) is 4.74 Å². The number of benzene rings is 2. The van der Waals surface area contributed by atoms with Crippen molar-refractivity contribution in [1.29, 1.82) is 0 Å². The van der Waals surface area contributed by atoms with Gasteiger partial charge >= 0.3 is 6.03 Å². The number of non-ortho nitro benzene ring substituents is 1. The molecule has 0 heterocycles. The van der Waals surface area contributed by atoms with Crippen molar-refractivity contribution in [3.8, 4) is 5.75 Å². The molecule has 9 heteroatoms. The molecule has 0 bridgehead atoms. The van der Waals surface area contributed by atoms with Gasteiger partial charge in [-0.05, 0) is 24.3 Å². The highest BCUT2D eigenvalue weighted by molar-refractivity contribution is 6.01. The first-order chi connectivity index (χ1) is 11.5. The quantitative estimate of drug-likeness (QED) is 0.645. The molecule has 2 aromatic carbocycles.